The summed E-state index contributed by atoms with van der Waals surface area (Å²) in [5, 5.41) is 8.80. The number of thiophene rings is 1. The third-order valence-corrected chi connectivity index (χ3v) is 3.80. The van der Waals surface area contributed by atoms with Crippen LogP contribution in [0.3, 0.4) is 0 Å². The zero-order valence-electron chi connectivity index (χ0n) is 8.00. The fraction of sp³-hybridized carbons (Fsp3) is 0. The van der Waals surface area contributed by atoms with Crippen LogP contribution in [-0.2, 0) is 0 Å². The van der Waals surface area contributed by atoms with Gasteiger partial charge in [-0.25, -0.2) is 4.39 Å². The summed E-state index contributed by atoms with van der Waals surface area (Å²) in [6.45, 7) is 0. The van der Waals surface area contributed by atoms with Crippen LogP contribution in [0.5, 0.6) is 0 Å². The van der Waals surface area contributed by atoms with Crippen molar-refractivity contribution < 1.29 is 4.39 Å². The van der Waals surface area contributed by atoms with E-state index in [4.69, 9.17) is 11.0 Å². The van der Waals surface area contributed by atoms with E-state index >= 15 is 0 Å². The number of halogens is 2. The number of hydrogen-bond donors (Lipinski definition) is 1. The van der Waals surface area contributed by atoms with Crippen LogP contribution in [0.4, 0.5) is 10.1 Å². The maximum absolute atomic E-state index is 12.9. The van der Waals surface area contributed by atoms with Crippen molar-refractivity contribution in [3.05, 3.63) is 39.4 Å². The zero-order chi connectivity index (χ0) is 11.7. The second kappa shape index (κ2) is 4.24. The van der Waals surface area contributed by atoms with Crippen LogP contribution in [0.15, 0.2) is 28.7 Å². The van der Waals surface area contributed by atoms with Crippen LogP contribution in [-0.4, -0.2) is 0 Å². The van der Waals surface area contributed by atoms with Gasteiger partial charge in [0.15, 0.2) is 0 Å². The Morgan fingerprint density at radius 2 is 2.12 bits per heavy atom. The summed E-state index contributed by atoms with van der Waals surface area (Å²) in [6.07, 6.45) is 0. The third-order valence-electron chi connectivity index (χ3n) is 2.06. The summed E-state index contributed by atoms with van der Waals surface area (Å²) in [6, 6.07) is 8.17. The molecule has 0 saturated carbocycles. The van der Waals surface area contributed by atoms with Crippen molar-refractivity contribution in [2.75, 3.05) is 5.73 Å². The Hall–Kier alpha value is -1.38. The Labute approximate surface area is 104 Å². The molecule has 1 aromatic heterocycles. The molecule has 5 heteroatoms. The lowest BCUT2D eigenvalue weighted by atomic mass is 10.2. The van der Waals surface area contributed by atoms with Crippen molar-refractivity contribution in [3.8, 4) is 16.5 Å². The van der Waals surface area contributed by atoms with Gasteiger partial charge in [0.1, 0.15) is 16.8 Å². The highest BCUT2D eigenvalue weighted by atomic mass is 79.9. The third kappa shape index (κ3) is 1.94. The van der Waals surface area contributed by atoms with Gasteiger partial charge in [-0.1, -0.05) is 15.9 Å². The largest absolute Gasteiger partial charge is 0.397 e. The van der Waals surface area contributed by atoms with Crippen LogP contribution in [0, 0.1) is 17.1 Å². The van der Waals surface area contributed by atoms with E-state index in [1.54, 1.807) is 12.1 Å². The van der Waals surface area contributed by atoms with E-state index in [1.807, 2.05) is 6.07 Å². The Bertz CT molecular complexity index is 586. The fourth-order valence-corrected chi connectivity index (χ4v) is 2.93. The number of benzene rings is 1. The SMILES string of the molecule is N#Cc1sc(-c2ccc(F)cc2Br)cc1N. The summed E-state index contributed by atoms with van der Waals surface area (Å²) in [7, 11) is 0. The first-order chi connectivity index (χ1) is 7.61. The fourth-order valence-electron chi connectivity index (χ4n) is 1.31. The van der Waals surface area contributed by atoms with Gasteiger partial charge in [0, 0.05) is 14.9 Å². The minimum absolute atomic E-state index is 0.305. The van der Waals surface area contributed by atoms with Crippen molar-refractivity contribution in [3.63, 3.8) is 0 Å². The Kier molecular flexibility index (Phi) is 2.95. The predicted molar refractivity (Wildman–Crippen MR) is 66.5 cm³/mol. The number of nitriles is 1. The Balaban J connectivity index is 2.55. The van der Waals surface area contributed by atoms with Gasteiger partial charge in [-0.15, -0.1) is 11.3 Å². The molecule has 0 radical (unpaired) electrons. The standard InChI is InChI=1S/C11H6BrFN2S/c12-8-3-6(13)1-2-7(8)10-4-9(15)11(5-14)16-10/h1-4H,15H2. The Morgan fingerprint density at radius 3 is 2.69 bits per heavy atom. The first-order valence-corrected chi connectivity index (χ1v) is 5.97. The van der Waals surface area contributed by atoms with Gasteiger partial charge < -0.3 is 5.73 Å². The number of anilines is 1. The number of nitrogens with zero attached hydrogens (tertiary/aromatic N) is 1. The molecule has 16 heavy (non-hydrogen) atoms. The van der Waals surface area contributed by atoms with Crippen LogP contribution in [0.2, 0.25) is 0 Å². The quantitative estimate of drug-likeness (QED) is 0.871. The molecule has 0 bridgehead atoms. The lowest BCUT2D eigenvalue weighted by molar-refractivity contribution is 0.627. The second-order valence-corrected chi connectivity index (χ2v) is 5.04. The first kappa shape index (κ1) is 11.1. The monoisotopic (exact) mass is 296 g/mol. The molecule has 0 atom stereocenters. The molecule has 0 aliphatic heterocycles. The minimum Gasteiger partial charge on any atom is -0.397 e. The number of nitrogens with two attached hydrogens (primary N) is 1. The van der Waals surface area contributed by atoms with E-state index in [-0.39, 0.29) is 5.82 Å². The van der Waals surface area contributed by atoms with Crippen molar-refractivity contribution in [1.82, 2.24) is 0 Å². The van der Waals surface area contributed by atoms with E-state index < -0.39 is 0 Å². The normalized spacial score (nSPS) is 10.1. The van der Waals surface area contributed by atoms with Crippen LogP contribution in [0.1, 0.15) is 4.88 Å². The molecular weight excluding hydrogens is 291 g/mol. The molecule has 2 nitrogen and oxygen atoms in total. The van der Waals surface area contributed by atoms with Crippen molar-refractivity contribution >= 4 is 33.0 Å². The second-order valence-electron chi connectivity index (χ2n) is 3.13. The van der Waals surface area contributed by atoms with Gasteiger partial charge in [0.05, 0.1) is 5.69 Å². The minimum atomic E-state index is -0.305. The molecule has 0 aliphatic rings. The van der Waals surface area contributed by atoms with Gasteiger partial charge in [0.25, 0.3) is 0 Å². The molecule has 1 heterocycles. The molecule has 0 spiro atoms. The molecular formula is C11H6BrFN2S. The molecule has 0 aliphatic carbocycles. The lowest BCUT2D eigenvalue weighted by Gasteiger charge is -2.00. The summed E-state index contributed by atoms with van der Waals surface area (Å²) in [5.41, 5.74) is 6.96. The molecule has 0 saturated heterocycles. The van der Waals surface area contributed by atoms with Gasteiger partial charge in [0.2, 0.25) is 0 Å². The molecule has 0 amide bonds. The van der Waals surface area contributed by atoms with Crippen molar-refractivity contribution in [2.24, 2.45) is 0 Å². The summed E-state index contributed by atoms with van der Waals surface area (Å²) >= 11 is 4.58. The van der Waals surface area contributed by atoms with E-state index in [0.717, 1.165) is 10.4 Å². The summed E-state index contributed by atoms with van der Waals surface area (Å²) < 4.78 is 13.6. The van der Waals surface area contributed by atoms with Crippen LogP contribution >= 0.6 is 27.3 Å². The number of rotatable bonds is 1. The van der Waals surface area contributed by atoms with Crippen LogP contribution < -0.4 is 5.73 Å². The zero-order valence-corrected chi connectivity index (χ0v) is 10.4. The molecule has 80 valence electrons. The number of nitrogen functional groups attached to an aromatic ring is 1. The maximum atomic E-state index is 12.9. The average molecular weight is 297 g/mol. The first-order valence-electron chi connectivity index (χ1n) is 4.36. The van der Waals surface area contributed by atoms with E-state index in [9.17, 15) is 4.39 Å². The maximum Gasteiger partial charge on any atom is 0.128 e. The number of hydrogen-bond acceptors (Lipinski definition) is 3. The van der Waals surface area contributed by atoms with Crippen molar-refractivity contribution in [2.45, 2.75) is 0 Å². The smallest absolute Gasteiger partial charge is 0.128 e. The van der Waals surface area contributed by atoms with Gasteiger partial charge >= 0.3 is 0 Å². The molecule has 0 fully saturated rings. The molecule has 2 rings (SSSR count). The molecule has 2 aromatic rings. The van der Waals surface area contributed by atoms with Gasteiger partial charge in [-0.2, -0.15) is 5.26 Å². The lowest BCUT2D eigenvalue weighted by Crippen LogP contribution is -1.82. The topological polar surface area (TPSA) is 49.8 Å². The van der Waals surface area contributed by atoms with Gasteiger partial charge in [-0.05, 0) is 24.3 Å². The molecule has 2 N–H and O–H groups in total. The Morgan fingerprint density at radius 1 is 1.38 bits per heavy atom. The average Bonchev–Trinajstić information content (AvgIpc) is 2.59. The van der Waals surface area contributed by atoms with E-state index in [2.05, 4.69) is 15.9 Å². The molecule has 0 unspecified atom stereocenters. The van der Waals surface area contributed by atoms with E-state index in [1.165, 1.54) is 23.5 Å². The summed E-state index contributed by atoms with van der Waals surface area (Å²) in [5.74, 6) is -0.305. The van der Waals surface area contributed by atoms with Crippen LogP contribution in [0.25, 0.3) is 10.4 Å². The van der Waals surface area contributed by atoms with E-state index in [0.29, 0.717) is 15.0 Å². The highest BCUT2D eigenvalue weighted by Crippen LogP contribution is 2.36. The highest BCUT2D eigenvalue weighted by molar-refractivity contribution is 9.10. The predicted octanol–water partition coefficient (Wildman–Crippen LogP) is 3.77. The molecule has 1 aromatic carbocycles. The van der Waals surface area contributed by atoms with Gasteiger partial charge in [-0.3, -0.25) is 0 Å². The summed E-state index contributed by atoms with van der Waals surface area (Å²) in [4.78, 5) is 1.33. The van der Waals surface area contributed by atoms with Crippen molar-refractivity contribution in [1.29, 1.82) is 5.26 Å². The highest BCUT2D eigenvalue weighted by Gasteiger charge is 2.10.